The summed E-state index contributed by atoms with van der Waals surface area (Å²) in [5, 5.41) is 3.31. The van der Waals surface area contributed by atoms with Gasteiger partial charge in [-0.1, -0.05) is 20.8 Å². The Morgan fingerprint density at radius 1 is 1.48 bits per heavy atom. The Morgan fingerprint density at radius 3 is 2.76 bits per heavy atom. The van der Waals surface area contributed by atoms with Crippen molar-refractivity contribution >= 4 is 37.3 Å². The fourth-order valence-corrected chi connectivity index (χ4v) is 6.69. The van der Waals surface area contributed by atoms with Crippen molar-refractivity contribution in [2.24, 2.45) is 5.41 Å². The molecule has 4 nitrogen and oxygen atoms in total. The number of sulfonamides is 1. The van der Waals surface area contributed by atoms with Crippen molar-refractivity contribution in [2.45, 2.75) is 45.1 Å². The van der Waals surface area contributed by atoms with Gasteiger partial charge in [0.25, 0.3) is 0 Å². The average molecular weight is 395 g/mol. The molecular formula is C14H23BrN2O2S2. The van der Waals surface area contributed by atoms with E-state index < -0.39 is 10.0 Å². The summed E-state index contributed by atoms with van der Waals surface area (Å²) in [5.41, 5.74) is 0.0705. The van der Waals surface area contributed by atoms with Gasteiger partial charge >= 0.3 is 0 Å². The van der Waals surface area contributed by atoms with Crippen LogP contribution in [0.4, 0.5) is 0 Å². The number of nitrogens with one attached hydrogen (secondary N) is 1. The van der Waals surface area contributed by atoms with Gasteiger partial charge in [-0.3, -0.25) is 0 Å². The van der Waals surface area contributed by atoms with Crippen LogP contribution < -0.4 is 5.32 Å². The highest BCUT2D eigenvalue weighted by atomic mass is 79.9. The van der Waals surface area contributed by atoms with E-state index in [1.807, 2.05) is 0 Å². The van der Waals surface area contributed by atoms with Crippen molar-refractivity contribution in [1.29, 1.82) is 0 Å². The average Bonchev–Trinajstić information content (AvgIpc) is 2.93. The third kappa shape index (κ3) is 4.07. The van der Waals surface area contributed by atoms with Crippen LogP contribution in [-0.2, 0) is 16.6 Å². The van der Waals surface area contributed by atoms with Gasteiger partial charge in [-0.05, 0) is 46.8 Å². The fraction of sp³-hybridized carbons (Fsp3) is 0.714. The molecule has 1 N–H and O–H groups in total. The van der Waals surface area contributed by atoms with Gasteiger partial charge in [-0.25, -0.2) is 8.42 Å². The maximum absolute atomic E-state index is 12.8. The molecule has 1 aromatic rings. The SMILES string of the molecule is CCCNCc1cc(S(=O)(=O)N2CCC(C)(C)C2)c(Br)s1. The second-order valence-corrected chi connectivity index (χ2v) is 10.6. The number of hydrogen-bond acceptors (Lipinski definition) is 4. The number of rotatable bonds is 6. The van der Waals surface area contributed by atoms with E-state index in [0.29, 0.717) is 21.8 Å². The standard InChI is InChI=1S/C14H23BrN2O2S2/c1-4-6-16-9-11-8-12(13(15)20-11)21(18,19)17-7-5-14(2,3)10-17/h8,16H,4-7,9-10H2,1-3H3. The molecule has 0 saturated carbocycles. The lowest BCUT2D eigenvalue weighted by molar-refractivity contribution is 0.375. The molecule has 0 aliphatic carbocycles. The smallest absolute Gasteiger partial charge is 0.245 e. The van der Waals surface area contributed by atoms with Crippen LogP contribution in [0.2, 0.25) is 0 Å². The molecule has 1 saturated heterocycles. The topological polar surface area (TPSA) is 49.4 Å². The number of thiophene rings is 1. The summed E-state index contributed by atoms with van der Waals surface area (Å²) in [6, 6.07) is 1.80. The van der Waals surface area contributed by atoms with Crippen LogP contribution >= 0.6 is 27.3 Å². The highest BCUT2D eigenvalue weighted by molar-refractivity contribution is 9.11. The molecule has 0 radical (unpaired) electrons. The van der Waals surface area contributed by atoms with Gasteiger partial charge in [-0.2, -0.15) is 4.31 Å². The molecule has 2 heterocycles. The fourth-order valence-electron chi connectivity index (χ4n) is 2.46. The summed E-state index contributed by atoms with van der Waals surface area (Å²) in [6.07, 6.45) is 1.99. The molecule has 1 aliphatic heterocycles. The largest absolute Gasteiger partial charge is 0.312 e. The Labute approximate surface area is 140 Å². The van der Waals surface area contributed by atoms with Crippen molar-refractivity contribution in [2.75, 3.05) is 19.6 Å². The van der Waals surface area contributed by atoms with E-state index in [4.69, 9.17) is 0 Å². The zero-order chi connectivity index (χ0) is 15.7. The van der Waals surface area contributed by atoms with Crippen LogP contribution in [-0.4, -0.2) is 32.4 Å². The Morgan fingerprint density at radius 2 is 2.19 bits per heavy atom. The Bertz CT molecular complexity index is 596. The maximum Gasteiger partial charge on any atom is 0.245 e. The van der Waals surface area contributed by atoms with Crippen molar-refractivity contribution in [3.63, 3.8) is 0 Å². The van der Waals surface area contributed by atoms with Gasteiger partial charge in [-0.15, -0.1) is 11.3 Å². The van der Waals surface area contributed by atoms with Crippen LogP contribution in [0.25, 0.3) is 0 Å². The normalized spacial score (nSPS) is 19.2. The minimum absolute atomic E-state index is 0.0705. The highest BCUT2D eigenvalue weighted by Gasteiger charge is 2.38. The van der Waals surface area contributed by atoms with Gasteiger partial charge in [0, 0.05) is 24.5 Å². The van der Waals surface area contributed by atoms with E-state index in [0.717, 1.165) is 30.8 Å². The Balaban J connectivity index is 2.17. The Hall–Kier alpha value is 0.0500. The third-order valence-electron chi connectivity index (χ3n) is 3.69. The first-order chi connectivity index (χ1) is 9.76. The summed E-state index contributed by atoms with van der Waals surface area (Å²) in [7, 11) is -3.38. The minimum Gasteiger partial charge on any atom is -0.312 e. The van der Waals surface area contributed by atoms with Crippen molar-refractivity contribution in [1.82, 2.24) is 9.62 Å². The first-order valence-electron chi connectivity index (χ1n) is 7.25. The molecular weight excluding hydrogens is 372 g/mol. The van der Waals surface area contributed by atoms with Gasteiger partial charge in [0.05, 0.1) is 3.79 Å². The third-order valence-corrected chi connectivity index (χ3v) is 7.79. The first kappa shape index (κ1) is 17.4. The van der Waals surface area contributed by atoms with E-state index in [1.54, 1.807) is 10.4 Å². The molecule has 7 heteroatoms. The molecule has 1 aromatic heterocycles. The molecule has 0 amide bonds. The van der Waals surface area contributed by atoms with Crippen LogP contribution in [0.3, 0.4) is 0 Å². The van der Waals surface area contributed by atoms with Gasteiger partial charge in [0.2, 0.25) is 10.0 Å². The van der Waals surface area contributed by atoms with E-state index in [1.165, 1.54) is 11.3 Å². The zero-order valence-corrected chi connectivity index (χ0v) is 16.0. The van der Waals surface area contributed by atoms with Gasteiger partial charge in [0.1, 0.15) is 4.90 Å². The zero-order valence-electron chi connectivity index (χ0n) is 12.8. The van der Waals surface area contributed by atoms with E-state index >= 15 is 0 Å². The molecule has 1 fully saturated rings. The molecule has 1 aliphatic rings. The molecule has 0 aromatic carbocycles. The van der Waals surface area contributed by atoms with Crippen LogP contribution in [0, 0.1) is 5.41 Å². The molecule has 0 atom stereocenters. The Kier molecular flexibility index (Phi) is 5.52. The van der Waals surface area contributed by atoms with Gasteiger partial charge < -0.3 is 5.32 Å². The molecule has 0 spiro atoms. The lowest BCUT2D eigenvalue weighted by atomic mass is 9.93. The molecule has 0 unspecified atom stereocenters. The van der Waals surface area contributed by atoms with Crippen LogP contribution in [0.5, 0.6) is 0 Å². The van der Waals surface area contributed by atoms with E-state index in [9.17, 15) is 8.42 Å². The number of halogens is 1. The van der Waals surface area contributed by atoms with E-state index in [2.05, 4.69) is 42.0 Å². The first-order valence-corrected chi connectivity index (χ1v) is 10.3. The predicted molar refractivity (Wildman–Crippen MR) is 91.2 cm³/mol. The summed E-state index contributed by atoms with van der Waals surface area (Å²) in [5.74, 6) is 0. The van der Waals surface area contributed by atoms with Crippen LogP contribution in [0.1, 0.15) is 38.5 Å². The summed E-state index contributed by atoms with van der Waals surface area (Å²) < 4.78 is 27.9. The predicted octanol–water partition coefficient (Wildman–Crippen LogP) is 3.43. The van der Waals surface area contributed by atoms with Crippen LogP contribution in [0.15, 0.2) is 14.7 Å². The molecule has 120 valence electrons. The maximum atomic E-state index is 12.8. The molecule has 0 bridgehead atoms. The van der Waals surface area contributed by atoms with Crippen molar-refractivity contribution in [3.05, 3.63) is 14.7 Å². The van der Waals surface area contributed by atoms with E-state index in [-0.39, 0.29) is 5.41 Å². The highest BCUT2D eigenvalue weighted by Crippen LogP contribution is 2.37. The molecule has 2 rings (SSSR count). The summed E-state index contributed by atoms with van der Waals surface area (Å²) in [4.78, 5) is 1.46. The number of nitrogens with zero attached hydrogens (tertiary/aromatic N) is 1. The summed E-state index contributed by atoms with van der Waals surface area (Å²) >= 11 is 4.92. The summed E-state index contributed by atoms with van der Waals surface area (Å²) in [6.45, 7) is 9.22. The monoisotopic (exact) mass is 394 g/mol. The lowest BCUT2D eigenvalue weighted by Crippen LogP contribution is -2.30. The van der Waals surface area contributed by atoms with Crippen molar-refractivity contribution in [3.8, 4) is 0 Å². The number of hydrogen-bond donors (Lipinski definition) is 1. The second-order valence-electron chi connectivity index (χ2n) is 6.28. The van der Waals surface area contributed by atoms with Gasteiger partial charge in [0.15, 0.2) is 0 Å². The second kappa shape index (κ2) is 6.66. The molecule has 21 heavy (non-hydrogen) atoms. The minimum atomic E-state index is -3.38. The quantitative estimate of drug-likeness (QED) is 0.751. The lowest BCUT2D eigenvalue weighted by Gasteiger charge is -2.19. The van der Waals surface area contributed by atoms with Crippen molar-refractivity contribution < 1.29 is 8.42 Å².